The minimum absolute atomic E-state index is 0.0870. The molecule has 0 N–H and O–H groups in total. The Morgan fingerprint density at radius 3 is 1.07 bits per heavy atom. The maximum Gasteiger partial charge on any atom is 0.180 e. The van der Waals surface area contributed by atoms with Crippen LogP contribution in [0.4, 0.5) is 0 Å². The first-order chi connectivity index (χ1) is 70.9. The van der Waals surface area contributed by atoms with E-state index in [2.05, 4.69) is 452 Å². The number of benzene rings is 19. The lowest BCUT2D eigenvalue weighted by Gasteiger charge is -2.22. The van der Waals surface area contributed by atoms with Gasteiger partial charge in [0.25, 0.3) is 0 Å². The minimum atomic E-state index is -0.117. The van der Waals surface area contributed by atoms with Crippen molar-refractivity contribution in [2.45, 2.75) is 38.5 Å². The molecule has 0 aliphatic heterocycles. The van der Waals surface area contributed by atoms with Gasteiger partial charge in [0, 0.05) is 104 Å². The summed E-state index contributed by atoms with van der Waals surface area (Å²) in [6, 6.07) is 157. The number of furan rings is 3. The van der Waals surface area contributed by atoms with Crippen molar-refractivity contribution in [1.82, 2.24) is 43.6 Å². The zero-order valence-corrected chi connectivity index (χ0v) is 79.1. The molecule has 0 amide bonds. The van der Waals surface area contributed by atoms with Gasteiger partial charge in [0.05, 0.1) is 33.1 Å². The van der Waals surface area contributed by atoms with Gasteiger partial charge in [0.2, 0.25) is 0 Å². The van der Waals surface area contributed by atoms with E-state index >= 15 is 0 Å². The molecular weight excluding hydrogens is 1760 g/mol. The van der Waals surface area contributed by atoms with Crippen molar-refractivity contribution in [3.05, 3.63) is 478 Å². The Morgan fingerprint density at radius 2 is 0.535 bits per heavy atom. The molecule has 678 valence electrons. The van der Waals surface area contributed by atoms with E-state index < -0.39 is 0 Å². The molecule has 2 aliphatic rings. The number of nitrogens with zero attached hydrogens (tertiary/aromatic N) is 9. The Balaban J connectivity index is 0.000000106. The predicted molar refractivity (Wildman–Crippen MR) is 590 cm³/mol. The van der Waals surface area contributed by atoms with Crippen LogP contribution in [0, 0.1) is 0 Å². The Kier molecular flexibility index (Phi) is 19.1. The number of fused-ring (bicyclic) bond motifs is 24. The molecule has 2 aliphatic carbocycles. The van der Waals surface area contributed by atoms with E-state index in [0.717, 1.165) is 139 Å². The van der Waals surface area contributed by atoms with Crippen molar-refractivity contribution >= 4 is 132 Å². The second kappa shape index (κ2) is 33.0. The fourth-order valence-corrected chi connectivity index (χ4v) is 23.0. The summed E-state index contributed by atoms with van der Waals surface area (Å²) < 4.78 is 26.6. The topological polar surface area (TPSA) is 132 Å². The maximum atomic E-state index is 6.82. The van der Waals surface area contributed by atoms with Crippen molar-refractivity contribution < 1.29 is 13.3 Å². The second-order valence-electron chi connectivity index (χ2n) is 38.7. The maximum absolute atomic E-state index is 6.82. The van der Waals surface area contributed by atoms with E-state index in [0.29, 0.717) is 22.6 Å². The monoisotopic (exact) mass is 1850 g/mol. The van der Waals surface area contributed by atoms with Gasteiger partial charge >= 0.3 is 0 Å². The highest BCUT2D eigenvalue weighted by atomic mass is 16.3. The highest BCUT2D eigenvalue weighted by molar-refractivity contribution is 6.15. The number of rotatable bonds is 11. The average Bonchev–Trinajstić information content (AvgIpc) is 1.57. The van der Waals surface area contributed by atoms with Gasteiger partial charge in [-0.05, 0) is 223 Å². The van der Waals surface area contributed by atoms with Gasteiger partial charge in [0.1, 0.15) is 63.0 Å². The highest BCUT2D eigenvalue weighted by Crippen LogP contribution is 2.54. The van der Waals surface area contributed by atoms with Crippen LogP contribution in [-0.2, 0) is 10.8 Å². The zero-order chi connectivity index (χ0) is 95.6. The molecule has 9 heterocycles. The summed E-state index contributed by atoms with van der Waals surface area (Å²) in [5, 5.41) is 10.4. The minimum Gasteiger partial charge on any atom is -0.452 e. The van der Waals surface area contributed by atoms with E-state index in [1.54, 1.807) is 12.7 Å². The standard InChI is InChI=1S/C49H33N3O.C43H29N3O.C40H25N3O/c1-49(2)41-21-6-3-16-36(41)37-25-24-32(28-42(37)49)35-19-11-20-40-46-48(53-47(35)40)45(50-29-51-46)33-14-9-12-30(26-33)31-13-10-15-34(27-31)52-43-22-7-4-17-38(43)39-18-5-8-23-44(39)52;1-43(2)34-18-7-3-14-29(34)30-23-22-27(25-35(30)43)42-44-39(41-40(45-42)33-17-6-10-21-38(33)47-41)26-12-11-13-28(24-26)46-36-19-8-4-15-31(36)32-16-5-9-20-37(32)46;1-2-14-31(15-3-1)43-35-18-6-4-16-32(35)34-24-29(20-21-36(34)43)27-11-8-10-26(22-27)28-12-9-13-30(23-28)38-40-39(42-25-41-38)33-17-5-7-19-37(33)44-40/h3-29H,1-2H3;3-25H,1-2H3;1-25H. The molecule has 0 radical (unpaired) electrons. The van der Waals surface area contributed by atoms with E-state index in [4.69, 9.17) is 33.2 Å². The predicted octanol–water partition coefficient (Wildman–Crippen LogP) is 34.4. The van der Waals surface area contributed by atoms with Crippen molar-refractivity contribution in [3.8, 4) is 129 Å². The first-order valence-electron chi connectivity index (χ1n) is 49.0. The Hall–Kier alpha value is -18.8. The molecule has 0 atom stereocenters. The Labute approximate surface area is 828 Å². The third-order valence-corrected chi connectivity index (χ3v) is 29.9. The first kappa shape index (κ1) is 83.4. The highest BCUT2D eigenvalue weighted by Gasteiger charge is 2.38. The Morgan fingerprint density at radius 1 is 0.194 bits per heavy atom. The van der Waals surface area contributed by atoms with Gasteiger partial charge in [0.15, 0.2) is 22.6 Å². The van der Waals surface area contributed by atoms with Gasteiger partial charge in [-0.25, -0.2) is 29.9 Å². The summed E-state index contributed by atoms with van der Waals surface area (Å²) in [7, 11) is 0. The summed E-state index contributed by atoms with van der Waals surface area (Å²) in [4.78, 5) is 29.2. The smallest absolute Gasteiger partial charge is 0.180 e. The van der Waals surface area contributed by atoms with Crippen LogP contribution in [0.25, 0.3) is 261 Å². The zero-order valence-electron chi connectivity index (χ0n) is 79.1. The quantitative estimate of drug-likeness (QED) is 0.124. The SMILES string of the molecule is CC1(C)c2ccccc2-c2ccc(-c3cccc4c3oc3c(-c5cccc(-c6cccc(-n7c8ccccc8c8ccccc87)c6)c5)ncnc34)cc21.CC1(C)c2ccccc2-c2ccc(-c3nc(-c4cccc(-n5c6ccccc6c6ccccc65)c4)c4oc5ccccc5c4n3)cc21.c1ccc(-n2c3ccccc3c3cc(-c4cccc(-c5cccc(-c6ncnc7c6oc6ccccc67)c5)c4)ccc32)cc1. The van der Waals surface area contributed by atoms with Crippen LogP contribution in [0.3, 0.4) is 0 Å². The molecule has 0 saturated carbocycles. The van der Waals surface area contributed by atoms with Gasteiger partial charge in [-0.15, -0.1) is 0 Å². The summed E-state index contributed by atoms with van der Waals surface area (Å²) in [6.45, 7) is 9.25. The molecule has 28 aromatic rings. The number of aromatic nitrogens is 9. The van der Waals surface area contributed by atoms with Gasteiger partial charge < -0.3 is 27.0 Å². The van der Waals surface area contributed by atoms with E-state index in [1.165, 1.54) is 121 Å². The largest absolute Gasteiger partial charge is 0.452 e. The second-order valence-corrected chi connectivity index (χ2v) is 38.7. The van der Waals surface area contributed by atoms with E-state index in [1.807, 2.05) is 42.5 Å². The molecule has 0 spiro atoms. The molecule has 19 aromatic carbocycles. The van der Waals surface area contributed by atoms with Crippen LogP contribution < -0.4 is 0 Å². The number of hydrogen-bond donors (Lipinski definition) is 0. The lowest BCUT2D eigenvalue weighted by molar-refractivity contribution is 0.660. The molecule has 0 unspecified atom stereocenters. The van der Waals surface area contributed by atoms with Crippen molar-refractivity contribution in [2.75, 3.05) is 0 Å². The fraction of sp³-hybridized carbons (Fsp3) is 0.0455. The molecule has 30 rings (SSSR count). The lowest BCUT2D eigenvalue weighted by atomic mass is 9.81. The van der Waals surface area contributed by atoms with Crippen molar-refractivity contribution in [2.24, 2.45) is 0 Å². The van der Waals surface area contributed by atoms with Gasteiger partial charge in [-0.3, -0.25) is 0 Å². The van der Waals surface area contributed by atoms with Crippen molar-refractivity contribution in [1.29, 1.82) is 0 Å². The van der Waals surface area contributed by atoms with Crippen molar-refractivity contribution in [3.63, 3.8) is 0 Å². The normalized spacial score (nSPS) is 12.8. The van der Waals surface area contributed by atoms with Crippen LogP contribution in [0.15, 0.2) is 469 Å². The molecule has 0 fully saturated rings. The summed E-state index contributed by atoms with van der Waals surface area (Å²) in [6.07, 6.45) is 3.28. The molecule has 144 heavy (non-hydrogen) atoms. The summed E-state index contributed by atoms with van der Waals surface area (Å²) >= 11 is 0. The number of para-hydroxylation sites is 9. The van der Waals surface area contributed by atoms with Crippen LogP contribution >= 0.6 is 0 Å². The third-order valence-electron chi connectivity index (χ3n) is 29.9. The fourth-order valence-electron chi connectivity index (χ4n) is 23.0. The van der Waals surface area contributed by atoms with E-state index in [-0.39, 0.29) is 10.8 Å². The molecule has 12 nitrogen and oxygen atoms in total. The summed E-state index contributed by atoms with van der Waals surface area (Å²) in [5.41, 5.74) is 43.3. The Bertz CT molecular complexity index is 10100. The lowest BCUT2D eigenvalue weighted by Crippen LogP contribution is -2.15. The van der Waals surface area contributed by atoms with Crippen LogP contribution in [0.5, 0.6) is 0 Å². The van der Waals surface area contributed by atoms with Gasteiger partial charge in [-0.1, -0.05) is 331 Å². The van der Waals surface area contributed by atoms with Crippen LogP contribution in [-0.4, -0.2) is 43.6 Å². The molecule has 0 bridgehead atoms. The van der Waals surface area contributed by atoms with E-state index in [9.17, 15) is 0 Å². The molecule has 9 aromatic heterocycles. The van der Waals surface area contributed by atoms with Gasteiger partial charge in [-0.2, -0.15) is 0 Å². The third kappa shape index (κ3) is 13.4. The first-order valence-corrected chi connectivity index (χ1v) is 49.0. The number of hydrogen-bond acceptors (Lipinski definition) is 9. The summed E-state index contributed by atoms with van der Waals surface area (Å²) in [5.74, 6) is 0.691. The molecule has 0 saturated heterocycles. The molecule has 12 heteroatoms. The van der Waals surface area contributed by atoms with Crippen LogP contribution in [0.1, 0.15) is 49.9 Å². The van der Waals surface area contributed by atoms with Crippen LogP contribution in [0.2, 0.25) is 0 Å². The molecular formula is C132H87N9O3. The average molecular weight is 1850 g/mol.